The molecule has 3 N–H and O–H groups in total. The fourth-order valence-corrected chi connectivity index (χ4v) is 4.04. The summed E-state index contributed by atoms with van der Waals surface area (Å²) in [5, 5.41) is 5.01. The fourth-order valence-electron chi connectivity index (χ4n) is 3.79. The van der Waals surface area contributed by atoms with Gasteiger partial charge in [0.05, 0.1) is 32.8 Å². The monoisotopic (exact) mass is 433 g/mol. The molecule has 1 aromatic heterocycles. The molecule has 0 spiro atoms. The van der Waals surface area contributed by atoms with E-state index in [2.05, 4.69) is 42.0 Å². The van der Waals surface area contributed by atoms with Crippen LogP contribution in [0.3, 0.4) is 0 Å². The first-order valence-corrected chi connectivity index (χ1v) is 11.3. The van der Waals surface area contributed by atoms with E-state index in [1.807, 2.05) is 19.1 Å². The van der Waals surface area contributed by atoms with E-state index < -0.39 is 0 Å². The van der Waals surface area contributed by atoms with Gasteiger partial charge in [0.2, 0.25) is 0 Å². The smallest absolute Gasteiger partial charge is 0.253 e. The molecule has 1 heterocycles. The van der Waals surface area contributed by atoms with Gasteiger partial charge >= 0.3 is 0 Å². The van der Waals surface area contributed by atoms with Crippen LogP contribution in [-0.2, 0) is 11.3 Å². The third kappa shape index (κ3) is 6.79. The molecule has 0 saturated carbocycles. The third-order valence-corrected chi connectivity index (χ3v) is 5.98. The molecule has 0 aliphatic heterocycles. The van der Waals surface area contributed by atoms with E-state index in [0.29, 0.717) is 24.8 Å². The summed E-state index contributed by atoms with van der Waals surface area (Å²) in [5.41, 5.74) is 3.89. The molecule has 2 aromatic rings. The van der Waals surface area contributed by atoms with Crippen molar-refractivity contribution in [3.05, 3.63) is 45.2 Å². The maximum Gasteiger partial charge on any atom is 0.253 e. The number of quaternary nitrogens is 1. The maximum absolute atomic E-state index is 12.8. The van der Waals surface area contributed by atoms with Gasteiger partial charge in [0.15, 0.2) is 5.11 Å². The van der Waals surface area contributed by atoms with Gasteiger partial charge in [-0.25, -0.2) is 0 Å². The van der Waals surface area contributed by atoms with Crippen LogP contribution in [0.25, 0.3) is 10.9 Å². The number of nitrogens with one attached hydrogen (secondary N) is 3. The maximum atomic E-state index is 12.8. The summed E-state index contributed by atoms with van der Waals surface area (Å²) in [4.78, 5) is 19.5. The Morgan fingerprint density at radius 3 is 2.63 bits per heavy atom. The quantitative estimate of drug-likeness (QED) is 0.373. The Kier molecular flexibility index (Phi) is 9.75. The van der Waals surface area contributed by atoms with Crippen LogP contribution >= 0.6 is 12.2 Å². The minimum atomic E-state index is -0.0495. The molecule has 2 rings (SSSR count). The number of hydrogen-bond acceptors (Lipinski definition) is 3. The molecule has 0 radical (unpaired) electrons. The van der Waals surface area contributed by atoms with Crippen molar-refractivity contribution in [2.45, 2.75) is 40.7 Å². The van der Waals surface area contributed by atoms with E-state index in [0.717, 1.165) is 54.6 Å². The highest BCUT2D eigenvalue weighted by atomic mass is 32.1. The van der Waals surface area contributed by atoms with Gasteiger partial charge < -0.3 is 24.8 Å². The molecule has 30 heavy (non-hydrogen) atoms. The second-order valence-electron chi connectivity index (χ2n) is 7.87. The molecule has 0 bridgehead atoms. The number of thiocarbonyl (C=S) groups is 1. The van der Waals surface area contributed by atoms with Gasteiger partial charge in [-0.2, -0.15) is 0 Å². The number of aromatic nitrogens is 1. The lowest BCUT2D eigenvalue weighted by atomic mass is 10.0. The lowest BCUT2D eigenvalue weighted by Crippen LogP contribution is -3.11. The van der Waals surface area contributed by atoms with Crippen LogP contribution in [0.5, 0.6) is 0 Å². The van der Waals surface area contributed by atoms with Gasteiger partial charge in [0, 0.05) is 43.1 Å². The van der Waals surface area contributed by atoms with Crippen LogP contribution in [0.2, 0.25) is 0 Å². The number of rotatable bonds is 11. The van der Waals surface area contributed by atoms with E-state index in [1.165, 1.54) is 5.56 Å². The molecular formula is C23H37N4O2S+. The predicted molar refractivity (Wildman–Crippen MR) is 128 cm³/mol. The van der Waals surface area contributed by atoms with Crippen molar-refractivity contribution >= 4 is 28.2 Å². The van der Waals surface area contributed by atoms with Crippen LogP contribution < -0.4 is 15.8 Å². The number of benzene rings is 1. The van der Waals surface area contributed by atoms with E-state index in [-0.39, 0.29) is 5.56 Å². The average Bonchev–Trinajstić information content (AvgIpc) is 2.71. The summed E-state index contributed by atoms with van der Waals surface area (Å²) < 4.78 is 5.12. The first-order valence-electron chi connectivity index (χ1n) is 10.9. The average molecular weight is 434 g/mol. The van der Waals surface area contributed by atoms with Gasteiger partial charge in [0.1, 0.15) is 0 Å². The molecule has 6 nitrogen and oxygen atoms in total. The zero-order chi connectivity index (χ0) is 22.1. The minimum Gasteiger partial charge on any atom is -0.383 e. The van der Waals surface area contributed by atoms with Crippen molar-refractivity contribution in [2.24, 2.45) is 0 Å². The number of nitrogens with zero attached hydrogens (tertiary/aromatic N) is 1. The van der Waals surface area contributed by atoms with E-state index in [4.69, 9.17) is 17.0 Å². The van der Waals surface area contributed by atoms with Gasteiger partial charge in [-0.3, -0.25) is 4.79 Å². The third-order valence-electron chi connectivity index (χ3n) is 5.58. The molecule has 0 unspecified atom stereocenters. The summed E-state index contributed by atoms with van der Waals surface area (Å²) in [6, 6.07) is 6.18. The number of pyridine rings is 1. The van der Waals surface area contributed by atoms with Crippen molar-refractivity contribution in [3.8, 4) is 0 Å². The number of fused-ring (bicyclic) bond motifs is 1. The van der Waals surface area contributed by atoms with Crippen LogP contribution in [0.15, 0.2) is 23.0 Å². The van der Waals surface area contributed by atoms with Crippen LogP contribution in [0, 0.1) is 13.8 Å². The Balaban J connectivity index is 2.21. The van der Waals surface area contributed by atoms with Crippen LogP contribution in [0.4, 0.5) is 0 Å². The van der Waals surface area contributed by atoms with E-state index >= 15 is 0 Å². The largest absolute Gasteiger partial charge is 0.383 e. The molecule has 0 amide bonds. The van der Waals surface area contributed by atoms with Crippen molar-refractivity contribution in [2.75, 3.05) is 46.4 Å². The second kappa shape index (κ2) is 12.0. The molecule has 0 saturated heterocycles. The molecule has 1 aromatic carbocycles. The number of H-pyrrole nitrogens is 1. The minimum absolute atomic E-state index is 0.0495. The Morgan fingerprint density at radius 2 is 1.97 bits per heavy atom. The fraction of sp³-hybridized carbons (Fsp3) is 0.565. The summed E-state index contributed by atoms with van der Waals surface area (Å²) in [5.74, 6) is 0. The SMILES string of the molecule is CC[NH+](CC)CCCN(Cc1cc2c(C)cc(C)cc2[nH]c1=O)C(=S)NCCOC. The van der Waals surface area contributed by atoms with Gasteiger partial charge in [-0.05, 0) is 63.2 Å². The number of hydrogen-bond donors (Lipinski definition) is 3. The zero-order valence-electron chi connectivity index (χ0n) is 19.1. The molecule has 0 fully saturated rings. The predicted octanol–water partition coefficient (Wildman–Crippen LogP) is 1.78. The molecule has 7 heteroatoms. The lowest BCUT2D eigenvalue weighted by molar-refractivity contribution is -0.896. The summed E-state index contributed by atoms with van der Waals surface area (Å²) in [6.07, 6.45) is 1.02. The molecule has 0 aliphatic carbocycles. The Hall–Kier alpha value is -1.96. The van der Waals surface area contributed by atoms with Crippen molar-refractivity contribution in [3.63, 3.8) is 0 Å². The summed E-state index contributed by atoms with van der Waals surface area (Å²) in [6.45, 7) is 14.4. The van der Waals surface area contributed by atoms with Crippen molar-refractivity contribution < 1.29 is 9.64 Å². The lowest BCUT2D eigenvalue weighted by Gasteiger charge is -2.26. The molecular weight excluding hydrogens is 396 g/mol. The first-order chi connectivity index (χ1) is 14.4. The molecule has 166 valence electrons. The summed E-state index contributed by atoms with van der Waals surface area (Å²) >= 11 is 5.65. The topological polar surface area (TPSA) is 61.8 Å². The second-order valence-corrected chi connectivity index (χ2v) is 8.26. The highest BCUT2D eigenvalue weighted by Gasteiger charge is 2.15. The highest BCUT2D eigenvalue weighted by molar-refractivity contribution is 7.80. The van der Waals surface area contributed by atoms with E-state index in [1.54, 1.807) is 12.0 Å². The van der Waals surface area contributed by atoms with Crippen LogP contribution in [-0.4, -0.2) is 61.4 Å². The number of aryl methyl sites for hydroxylation is 2. The Bertz CT molecular complexity index is 893. The number of ether oxygens (including phenoxy) is 1. The normalized spacial score (nSPS) is 11.3. The number of methoxy groups -OCH3 is 1. The Labute approximate surface area is 185 Å². The molecule has 0 aliphatic rings. The first kappa shape index (κ1) is 24.3. The van der Waals surface area contributed by atoms with Crippen molar-refractivity contribution in [1.29, 1.82) is 0 Å². The van der Waals surface area contributed by atoms with Crippen molar-refractivity contribution in [1.82, 2.24) is 15.2 Å². The Morgan fingerprint density at radius 1 is 1.23 bits per heavy atom. The highest BCUT2D eigenvalue weighted by Crippen LogP contribution is 2.19. The summed E-state index contributed by atoms with van der Waals surface area (Å²) in [7, 11) is 1.67. The van der Waals surface area contributed by atoms with Crippen LogP contribution in [0.1, 0.15) is 37.0 Å². The van der Waals surface area contributed by atoms with Gasteiger partial charge in [0.25, 0.3) is 5.56 Å². The standard InChI is InChI=1S/C23H36N4O2S/c1-6-26(7-2)10-8-11-27(23(30)24-9-12-29-5)16-19-15-20-18(4)13-17(3)14-21(20)25-22(19)28/h13-15H,6-12,16H2,1-5H3,(H,24,30)(H,25,28)/p+1. The molecule has 0 atom stereocenters. The van der Waals surface area contributed by atoms with Gasteiger partial charge in [-0.1, -0.05) is 6.07 Å². The van der Waals surface area contributed by atoms with E-state index in [9.17, 15) is 4.79 Å². The number of aromatic amines is 1. The van der Waals surface area contributed by atoms with Gasteiger partial charge in [-0.15, -0.1) is 0 Å². The zero-order valence-corrected chi connectivity index (χ0v) is 19.9.